The molecule has 7 rings (SSSR count). The Bertz CT molecular complexity index is 1420. The van der Waals surface area contributed by atoms with Gasteiger partial charge in [0.1, 0.15) is 0 Å². The SMILES string of the molecule is O=C(NC(c1ccccn1)C1CC1)c1ccc2[nH]nc(-c3ccc(N4CCN(C5COC5)CC4)cc3)c2c1. The van der Waals surface area contributed by atoms with E-state index in [-0.39, 0.29) is 11.9 Å². The number of carbonyl (C=O) groups excluding carboxylic acids is 1. The first-order valence-electron chi connectivity index (χ1n) is 13.6. The van der Waals surface area contributed by atoms with Gasteiger partial charge in [-0.05, 0) is 61.2 Å². The molecule has 8 heteroatoms. The van der Waals surface area contributed by atoms with Crippen LogP contribution in [0.4, 0.5) is 5.69 Å². The van der Waals surface area contributed by atoms with Gasteiger partial charge >= 0.3 is 0 Å². The molecule has 38 heavy (non-hydrogen) atoms. The van der Waals surface area contributed by atoms with Gasteiger partial charge in [0, 0.05) is 54.6 Å². The zero-order valence-corrected chi connectivity index (χ0v) is 21.3. The zero-order chi connectivity index (χ0) is 25.5. The molecule has 194 valence electrons. The number of nitrogens with one attached hydrogen (secondary N) is 2. The number of fused-ring (bicyclic) bond motifs is 1. The predicted molar refractivity (Wildman–Crippen MR) is 147 cm³/mol. The topological polar surface area (TPSA) is 86.4 Å². The second-order valence-corrected chi connectivity index (χ2v) is 10.6. The van der Waals surface area contributed by atoms with E-state index in [1.165, 1.54) is 5.69 Å². The van der Waals surface area contributed by atoms with E-state index in [1.807, 2.05) is 36.4 Å². The van der Waals surface area contributed by atoms with Gasteiger partial charge in [-0.25, -0.2) is 0 Å². The highest BCUT2D eigenvalue weighted by atomic mass is 16.5. The van der Waals surface area contributed by atoms with Crippen LogP contribution in [0, 0.1) is 5.92 Å². The van der Waals surface area contributed by atoms with Crippen molar-refractivity contribution < 1.29 is 9.53 Å². The van der Waals surface area contributed by atoms with Gasteiger partial charge in [-0.15, -0.1) is 0 Å². The lowest BCUT2D eigenvalue weighted by Crippen LogP contribution is -2.56. The molecule has 2 aromatic heterocycles. The van der Waals surface area contributed by atoms with E-state index >= 15 is 0 Å². The average Bonchev–Trinajstić information content (AvgIpc) is 3.70. The number of benzene rings is 2. The fourth-order valence-electron chi connectivity index (χ4n) is 5.63. The van der Waals surface area contributed by atoms with E-state index in [9.17, 15) is 4.79 Å². The molecule has 3 aliphatic rings. The Morgan fingerprint density at radius 2 is 1.82 bits per heavy atom. The number of carbonyl (C=O) groups is 1. The van der Waals surface area contributed by atoms with Crippen molar-refractivity contribution >= 4 is 22.5 Å². The molecule has 1 amide bonds. The van der Waals surface area contributed by atoms with Gasteiger partial charge in [0.05, 0.1) is 42.2 Å². The number of aromatic amines is 1. The molecule has 1 atom stereocenters. The van der Waals surface area contributed by atoms with Gasteiger partial charge in [0.25, 0.3) is 5.91 Å². The molecule has 1 unspecified atom stereocenters. The molecular formula is C30H32N6O2. The van der Waals surface area contributed by atoms with E-state index in [1.54, 1.807) is 6.20 Å². The second-order valence-electron chi connectivity index (χ2n) is 10.6. The van der Waals surface area contributed by atoms with Crippen LogP contribution >= 0.6 is 0 Å². The Kier molecular flexibility index (Phi) is 6.06. The molecule has 2 aliphatic heterocycles. The molecule has 0 bridgehead atoms. The van der Waals surface area contributed by atoms with Crippen molar-refractivity contribution in [2.24, 2.45) is 5.92 Å². The highest BCUT2D eigenvalue weighted by Crippen LogP contribution is 2.40. The maximum atomic E-state index is 13.3. The van der Waals surface area contributed by atoms with Crippen LogP contribution in [-0.2, 0) is 4.74 Å². The van der Waals surface area contributed by atoms with Gasteiger partial charge < -0.3 is 15.0 Å². The van der Waals surface area contributed by atoms with E-state index in [0.717, 1.165) is 80.1 Å². The predicted octanol–water partition coefficient (Wildman–Crippen LogP) is 4.03. The molecule has 3 fully saturated rings. The normalized spacial score (nSPS) is 19.3. The van der Waals surface area contributed by atoms with E-state index < -0.39 is 0 Å². The van der Waals surface area contributed by atoms with Gasteiger partial charge in [-0.2, -0.15) is 5.10 Å². The summed E-state index contributed by atoms with van der Waals surface area (Å²) < 4.78 is 5.36. The number of aromatic nitrogens is 3. The van der Waals surface area contributed by atoms with E-state index in [2.05, 4.69) is 54.6 Å². The minimum absolute atomic E-state index is 0.0559. The summed E-state index contributed by atoms with van der Waals surface area (Å²) >= 11 is 0. The largest absolute Gasteiger partial charge is 0.378 e. The Morgan fingerprint density at radius 1 is 1.00 bits per heavy atom. The summed E-state index contributed by atoms with van der Waals surface area (Å²) in [4.78, 5) is 22.8. The fourth-order valence-corrected chi connectivity index (χ4v) is 5.63. The monoisotopic (exact) mass is 508 g/mol. The number of H-pyrrole nitrogens is 1. The van der Waals surface area contributed by atoms with Gasteiger partial charge in [-0.1, -0.05) is 18.2 Å². The van der Waals surface area contributed by atoms with Crippen molar-refractivity contribution in [3.05, 3.63) is 78.1 Å². The lowest BCUT2D eigenvalue weighted by molar-refractivity contribution is -0.0660. The summed E-state index contributed by atoms with van der Waals surface area (Å²) in [5.74, 6) is 0.375. The van der Waals surface area contributed by atoms with Crippen molar-refractivity contribution in [1.82, 2.24) is 25.4 Å². The van der Waals surface area contributed by atoms with Crippen molar-refractivity contribution in [3.63, 3.8) is 0 Å². The summed E-state index contributed by atoms with van der Waals surface area (Å²) in [7, 11) is 0. The molecule has 4 aromatic rings. The molecule has 8 nitrogen and oxygen atoms in total. The van der Waals surface area contributed by atoms with Crippen molar-refractivity contribution in [3.8, 4) is 11.3 Å². The second kappa shape index (κ2) is 9.85. The Hall–Kier alpha value is -3.75. The Labute approximate surface area is 222 Å². The van der Waals surface area contributed by atoms with Crippen LogP contribution in [0.2, 0.25) is 0 Å². The summed E-state index contributed by atoms with van der Waals surface area (Å²) in [6.07, 6.45) is 4.03. The minimum Gasteiger partial charge on any atom is -0.378 e. The summed E-state index contributed by atoms with van der Waals surface area (Å²) in [6.45, 7) is 5.96. The van der Waals surface area contributed by atoms with Crippen LogP contribution in [-0.4, -0.2) is 71.4 Å². The highest BCUT2D eigenvalue weighted by Gasteiger charge is 2.34. The van der Waals surface area contributed by atoms with Crippen LogP contribution in [0.25, 0.3) is 22.2 Å². The molecule has 0 radical (unpaired) electrons. The number of anilines is 1. The maximum absolute atomic E-state index is 13.3. The number of ether oxygens (including phenoxy) is 1. The molecule has 2 aromatic carbocycles. The van der Waals surface area contributed by atoms with Gasteiger partial charge in [0.15, 0.2) is 0 Å². The van der Waals surface area contributed by atoms with E-state index in [0.29, 0.717) is 17.5 Å². The molecular weight excluding hydrogens is 476 g/mol. The van der Waals surface area contributed by atoms with E-state index in [4.69, 9.17) is 4.74 Å². The van der Waals surface area contributed by atoms with Crippen LogP contribution < -0.4 is 10.2 Å². The molecule has 1 saturated carbocycles. The molecule has 0 spiro atoms. The van der Waals surface area contributed by atoms with Crippen molar-refractivity contribution in [2.45, 2.75) is 24.9 Å². The number of rotatable bonds is 7. The van der Waals surface area contributed by atoms with Crippen molar-refractivity contribution in [2.75, 3.05) is 44.3 Å². The van der Waals surface area contributed by atoms with Crippen LogP contribution in [0.5, 0.6) is 0 Å². The zero-order valence-electron chi connectivity index (χ0n) is 21.3. The maximum Gasteiger partial charge on any atom is 0.251 e. The van der Waals surface area contributed by atoms with Crippen LogP contribution in [0.3, 0.4) is 0 Å². The van der Waals surface area contributed by atoms with Crippen LogP contribution in [0.15, 0.2) is 66.9 Å². The minimum atomic E-state index is -0.0791. The third kappa shape index (κ3) is 4.54. The van der Waals surface area contributed by atoms with Gasteiger partial charge in [-0.3, -0.25) is 19.8 Å². The summed E-state index contributed by atoms with van der Waals surface area (Å²) in [6, 6.07) is 20.8. The number of pyridine rings is 1. The third-order valence-corrected chi connectivity index (χ3v) is 8.17. The number of amides is 1. The lowest BCUT2D eigenvalue weighted by Gasteiger charge is -2.43. The number of hydrogen-bond donors (Lipinski definition) is 2. The number of piperazine rings is 1. The fraction of sp³-hybridized carbons (Fsp3) is 0.367. The van der Waals surface area contributed by atoms with Crippen LogP contribution in [0.1, 0.15) is 34.9 Å². The first-order chi connectivity index (χ1) is 18.7. The first-order valence-corrected chi connectivity index (χ1v) is 13.6. The molecule has 2 saturated heterocycles. The smallest absolute Gasteiger partial charge is 0.251 e. The Morgan fingerprint density at radius 3 is 2.50 bits per heavy atom. The van der Waals surface area contributed by atoms with Crippen molar-refractivity contribution in [1.29, 1.82) is 0 Å². The number of nitrogens with zero attached hydrogens (tertiary/aromatic N) is 4. The summed E-state index contributed by atoms with van der Waals surface area (Å²) in [5.41, 5.74) is 5.60. The highest BCUT2D eigenvalue weighted by molar-refractivity contribution is 6.01. The third-order valence-electron chi connectivity index (χ3n) is 8.17. The van der Waals surface area contributed by atoms with Gasteiger partial charge in [0.2, 0.25) is 0 Å². The number of hydrogen-bond acceptors (Lipinski definition) is 6. The summed E-state index contributed by atoms with van der Waals surface area (Å²) in [5, 5.41) is 11.9. The molecule has 4 heterocycles. The standard InChI is InChI=1S/C30H32N6O2/c37-30(32-29(21-4-5-21)27-3-1-2-12-31-27)22-8-11-26-25(17-22)28(34-33-26)20-6-9-23(10-7-20)35-13-15-36(16-14-35)24-18-38-19-24/h1-3,6-12,17,21,24,29H,4-5,13-16,18-19H2,(H,32,37)(H,33,34). The average molecular weight is 509 g/mol. The Balaban J connectivity index is 1.08. The molecule has 2 N–H and O–H groups in total. The lowest BCUT2D eigenvalue weighted by atomic mass is 10.0. The molecule has 1 aliphatic carbocycles. The first kappa shape index (κ1) is 23.4. The quantitative estimate of drug-likeness (QED) is 0.392.